The Morgan fingerprint density at radius 1 is 1.29 bits per heavy atom. The molecule has 0 aliphatic heterocycles. The third kappa shape index (κ3) is 2.80. The van der Waals surface area contributed by atoms with Gasteiger partial charge in [0.2, 0.25) is 11.2 Å². The summed E-state index contributed by atoms with van der Waals surface area (Å²) in [7, 11) is 0. The van der Waals surface area contributed by atoms with Gasteiger partial charge in [-0.25, -0.2) is 0 Å². The van der Waals surface area contributed by atoms with Crippen molar-refractivity contribution in [2.24, 2.45) is 11.3 Å². The molecule has 0 aromatic carbocycles. The van der Waals surface area contributed by atoms with Gasteiger partial charge in [-0.15, -0.1) is 11.7 Å². The summed E-state index contributed by atoms with van der Waals surface area (Å²) in [5.74, 6) is 0.216. The maximum atomic E-state index is 12.3. The highest BCUT2D eigenvalue weighted by Crippen LogP contribution is 2.61. The molecule has 1 unspecified atom stereocenters. The van der Waals surface area contributed by atoms with E-state index >= 15 is 0 Å². The molecule has 0 N–H and O–H groups in total. The molecule has 14 heavy (non-hydrogen) atoms. The zero-order valence-corrected chi connectivity index (χ0v) is 9.38. The Bertz CT molecular complexity index is 268. The highest BCUT2D eigenvalue weighted by Gasteiger charge is 2.30. The molecular weight excluding hydrogens is 209 g/mol. The van der Waals surface area contributed by atoms with Gasteiger partial charge in [0.25, 0.3) is 0 Å². The van der Waals surface area contributed by atoms with Gasteiger partial charge in [-0.3, -0.25) is 0 Å². The molecule has 0 spiro atoms. The predicted octanol–water partition coefficient (Wildman–Crippen LogP) is 4.95. The van der Waals surface area contributed by atoms with E-state index in [1.165, 1.54) is 12.2 Å². The summed E-state index contributed by atoms with van der Waals surface area (Å²) < 4.78 is 37.0. The molecule has 0 saturated carbocycles. The van der Waals surface area contributed by atoms with Crippen molar-refractivity contribution >= 4 is 11.2 Å². The van der Waals surface area contributed by atoms with Crippen LogP contribution in [-0.2, 0) is 0 Å². The van der Waals surface area contributed by atoms with Crippen LogP contribution >= 0.6 is 11.2 Å². The minimum Gasteiger partial charge on any atom is -0.120 e. The van der Waals surface area contributed by atoms with Crippen LogP contribution < -0.4 is 0 Å². The van der Waals surface area contributed by atoms with Crippen LogP contribution in [0.1, 0.15) is 27.2 Å². The summed E-state index contributed by atoms with van der Waals surface area (Å²) >= 11 is -5.02. The molecule has 0 aromatic rings. The van der Waals surface area contributed by atoms with Crippen LogP contribution in [0.15, 0.2) is 23.1 Å². The molecule has 1 atom stereocenters. The molecule has 1 aliphatic carbocycles. The summed E-state index contributed by atoms with van der Waals surface area (Å²) in [6.07, 6.45) is 4.75. The van der Waals surface area contributed by atoms with E-state index in [1.54, 1.807) is 6.08 Å². The van der Waals surface area contributed by atoms with Crippen molar-refractivity contribution in [3.63, 3.8) is 0 Å². The molecule has 0 fully saturated rings. The summed E-state index contributed by atoms with van der Waals surface area (Å²) in [5.41, 5.74) is 0.0411. The lowest BCUT2D eigenvalue weighted by Gasteiger charge is -2.30. The largest absolute Gasteiger partial charge is 0.237 e. The standard InChI is InChI=1S/C10H15F3S/c1-10(2,3)8-4-6-9(7-5-8)14(11,12)13/h4,6-8H,5H2,1-3H3. The van der Waals surface area contributed by atoms with Crippen LogP contribution in [0.4, 0.5) is 11.7 Å². The summed E-state index contributed by atoms with van der Waals surface area (Å²) in [4.78, 5) is -0.432. The van der Waals surface area contributed by atoms with Gasteiger partial charge in [-0.2, -0.15) is 0 Å². The van der Waals surface area contributed by atoms with Gasteiger partial charge in [0.1, 0.15) is 0 Å². The van der Waals surface area contributed by atoms with E-state index in [4.69, 9.17) is 0 Å². The highest BCUT2D eigenvalue weighted by molar-refractivity contribution is 8.24. The van der Waals surface area contributed by atoms with Crippen LogP contribution in [0.3, 0.4) is 0 Å². The molecule has 1 aliphatic rings. The Morgan fingerprint density at radius 2 is 1.86 bits per heavy atom. The maximum absolute atomic E-state index is 12.3. The molecule has 0 heterocycles. The lowest BCUT2D eigenvalue weighted by Crippen LogP contribution is -2.19. The van der Waals surface area contributed by atoms with Crippen LogP contribution in [0.25, 0.3) is 0 Å². The second-order valence-electron chi connectivity index (χ2n) is 4.58. The fourth-order valence-corrected chi connectivity index (χ4v) is 1.93. The van der Waals surface area contributed by atoms with Crippen LogP contribution in [-0.4, -0.2) is 0 Å². The first-order chi connectivity index (χ1) is 6.21. The summed E-state index contributed by atoms with van der Waals surface area (Å²) in [5, 5.41) is 0. The minimum absolute atomic E-state index is 0.0411. The summed E-state index contributed by atoms with van der Waals surface area (Å²) in [6.45, 7) is 6.13. The van der Waals surface area contributed by atoms with E-state index in [0.29, 0.717) is 6.42 Å². The molecule has 4 heteroatoms. The summed E-state index contributed by atoms with van der Waals surface area (Å²) in [6, 6.07) is 0. The molecule has 0 nitrogen and oxygen atoms in total. The average molecular weight is 224 g/mol. The van der Waals surface area contributed by atoms with Gasteiger partial charge in [0.05, 0.1) is 4.91 Å². The number of hydrogen-bond donors (Lipinski definition) is 0. The van der Waals surface area contributed by atoms with Gasteiger partial charge in [-0.05, 0) is 23.8 Å². The average Bonchev–Trinajstić information content (AvgIpc) is 2.01. The minimum atomic E-state index is -5.02. The van der Waals surface area contributed by atoms with Gasteiger partial charge in [-0.1, -0.05) is 32.9 Å². The van der Waals surface area contributed by atoms with Gasteiger partial charge in [0, 0.05) is 0 Å². The van der Waals surface area contributed by atoms with Gasteiger partial charge >= 0.3 is 0 Å². The second-order valence-corrected chi connectivity index (χ2v) is 5.86. The second kappa shape index (κ2) is 3.65. The monoisotopic (exact) mass is 224 g/mol. The SMILES string of the molecule is CC(C)(C)C1C=CC(S(F)(F)F)=CC1. The topological polar surface area (TPSA) is 0 Å². The van der Waals surface area contributed by atoms with Crippen molar-refractivity contribution < 1.29 is 11.7 Å². The fraction of sp³-hybridized carbons (Fsp3) is 0.600. The van der Waals surface area contributed by atoms with Crippen molar-refractivity contribution in [2.75, 3.05) is 0 Å². The van der Waals surface area contributed by atoms with E-state index in [-0.39, 0.29) is 11.3 Å². The van der Waals surface area contributed by atoms with Gasteiger partial charge < -0.3 is 0 Å². The first kappa shape index (κ1) is 11.7. The predicted molar refractivity (Wildman–Crippen MR) is 55.7 cm³/mol. The third-order valence-electron chi connectivity index (χ3n) is 2.45. The highest BCUT2D eigenvalue weighted by atomic mass is 32.3. The van der Waals surface area contributed by atoms with Crippen molar-refractivity contribution in [1.82, 2.24) is 0 Å². The zero-order valence-electron chi connectivity index (χ0n) is 8.56. The zero-order chi connectivity index (χ0) is 11.0. The first-order valence-electron chi connectivity index (χ1n) is 4.52. The normalized spacial score (nSPS) is 24.7. The number of halogens is 3. The fourth-order valence-electron chi connectivity index (χ4n) is 1.41. The van der Waals surface area contributed by atoms with Gasteiger partial charge in [0.15, 0.2) is 0 Å². The smallest absolute Gasteiger partial charge is 0.120 e. The molecule has 0 saturated heterocycles. The Hall–Kier alpha value is -0.380. The van der Waals surface area contributed by atoms with Crippen molar-refractivity contribution in [3.05, 3.63) is 23.1 Å². The maximum Gasteiger partial charge on any atom is 0.237 e. The van der Waals surface area contributed by atoms with E-state index in [9.17, 15) is 11.7 Å². The van der Waals surface area contributed by atoms with E-state index in [1.807, 2.05) is 20.8 Å². The van der Waals surface area contributed by atoms with E-state index < -0.39 is 16.1 Å². The molecule has 0 radical (unpaired) electrons. The lowest BCUT2D eigenvalue weighted by atomic mass is 9.77. The molecule has 82 valence electrons. The number of rotatable bonds is 1. The van der Waals surface area contributed by atoms with Crippen LogP contribution in [0.2, 0.25) is 0 Å². The molecular formula is C10H15F3S. The van der Waals surface area contributed by atoms with E-state index in [0.717, 1.165) is 0 Å². The lowest BCUT2D eigenvalue weighted by molar-refractivity contribution is 0.293. The quantitative estimate of drug-likeness (QED) is 0.591. The Labute approximate surface area is 85.1 Å². The molecule has 0 bridgehead atoms. The van der Waals surface area contributed by atoms with Crippen molar-refractivity contribution in [1.29, 1.82) is 0 Å². The van der Waals surface area contributed by atoms with Crippen molar-refractivity contribution in [2.45, 2.75) is 27.2 Å². The Kier molecular flexibility index (Phi) is 3.04. The van der Waals surface area contributed by atoms with E-state index in [2.05, 4.69) is 0 Å². The Morgan fingerprint density at radius 3 is 2.14 bits per heavy atom. The molecule has 0 aromatic heterocycles. The first-order valence-corrected chi connectivity index (χ1v) is 5.85. The molecule has 0 amide bonds. The molecule has 1 rings (SSSR count). The third-order valence-corrected chi connectivity index (χ3v) is 3.28. The van der Waals surface area contributed by atoms with Crippen LogP contribution in [0.5, 0.6) is 0 Å². The van der Waals surface area contributed by atoms with Crippen molar-refractivity contribution in [3.8, 4) is 0 Å². The number of allylic oxidation sites excluding steroid dienone is 3. The van der Waals surface area contributed by atoms with Crippen LogP contribution in [0, 0.1) is 11.3 Å². The number of hydrogen-bond acceptors (Lipinski definition) is 0. The Balaban J connectivity index is 2.72.